The maximum absolute atomic E-state index is 5.19. The molecule has 0 radical (unpaired) electrons. The van der Waals surface area contributed by atoms with Crippen LogP contribution in [0.15, 0.2) is 0 Å². The minimum Gasteiger partial charge on any atom is -0.383 e. The minimum atomic E-state index is 0.275. The van der Waals surface area contributed by atoms with E-state index in [1.165, 1.54) is 0 Å². The Morgan fingerprint density at radius 2 is 2.23 bits per heavy atom. The summed E-state index contributed by atoms with van der Waals surface area (Å²) in [7, 11) is 3.69. The van der Waals surface area contributed by atoms with Gasteiger partial charge in [-0.3, -0.25) is 0 Å². The fourth-order valence-corrected chi connectivity index (χ4v) is 1.34. The van der Waals surface area contributed by atoms with Gasteiger partial charge in [0.15, 0.2) is 5.11 Å². The monoisotopic (exact) mass is 204 g/mol. The number of nitrogens with zero attached hydrogens (tertiary/aromatic N) is 1. The van der Waals surface area contributed by atoms with Gasteiger partial charge in [0.05, 0.1) is 6.61 Å². The smallest absolute Gasteiger partial charge is 0.168 e. The quantitative estimate of drug-likeness (QED) is 0.681. The molecular weight excluding hydrogens is 184 g/mol. The van der Waals surface area contributed by atoms with E-state index in [2.05, 4.69) is 19.2 Å². The van der Waals surface area contributed by atoms with Gasteiger partial charge in [-0.2, -0.15) is 0 Å². The van der Waals surface area contributed by atoms with E-state index < -0.39 is 0 Å². The number of ether oxygens (including phenoxy) is 1. The van der Waals surface area contributed by atoms with E-state index in [0.29, 0.717) is 6.61 Å². The molecule has 0 heterocycles. The Morgan fingerprint density at radius 1 is 1.62 bits per heavy atom. The molecule has 0 saturated carbocycles. The first-order valence-electron chi connectivity index (χ1n) is 4.62. The van der Waals surface area contributed by atoms with Gasteiger partial charge in [0.1, 0.15) is 0 Å². The summed E-state index contributed by atoms with van der Waals surface area (Å²) in [6.45, 7) is 5.86. The largest absolute Gasteiger partial charge is 0.383 e. The van der Waals surface area contributed by atoms with Crippen molar-refractivity contribution in [2.24, 2.45) is 0 Å². The van der Waals surface area contributed by atoms with Crippen molar-refractivity contribution in [2.45, 2.75) is 26.3 Å². The molecule has 4 heteroatoms. The molecule has 13 heavy (non-hydrogen) atoms. The molecule has 1 unspecified atom stereocenters. The van der Waals surface area contributed by atoms with Crippen LogP contribution in [0.3, 0.4) is 0 Å². The Hall–Kier alpha value is -0.350. The average molecular weight is 204 g/mol. The van der Waals surface area contributed by atoms with Crippen LogP contribution in [0.5, 0.6) is 0 Å². The molecule has 0 rings (SSSR count). The molecule has 0 bridgehead atoms. The number of nitrogens with one attached hydrogen (secondary N) is 1. The normalized spacial score (nSPS) is 12.3. The predicted molar refractivity (Wildman–Crippen MR) is 60.0 cm³/mol. The van der Waals surface area contributed by atoms with Crippen molar-refractivity contribution in [1.82, 2.24) is 10.2 Å². The zero-order valence-corrected chi connectivity index (χ0v) is 9.78. The second-order valence-corrected chi connectivity index (χ2v) is 3.61. The molecule has 0 aliphatic carbocycles. The van der Waals surface area contributed by atoms with Crippen molar-refractivity contribution in [1.29, 1.82) is 0 Å². The van der Waals surface area contributed by atoms with Gasteiger partial charge in [-0.05, 0) is 25.6 Å². The highest BCUT2D eigenvalue weighted by Gasteiger charge is 2.06. The van der Waals surface area contributed by atoms with E-state index in [4.69, 9.17) is 17.0 Å². The highest BCUT2D eigenvalue weighted by Crippen LogP contribution is 1.90. The second kappa shape index (κ2) is 7.09. The third-order valence-corrected chi connectivity index (χ3v) is 2.12. The summed E-state index contributed by atoms with van der Waals surface area (Å²) >= 11 is 5.19. The molecule has 78 valence electrons. The van der Waals surface area contributed by atoms with Gasteiger partial charge < -0.3 is 15.0 Å². The van der Waals surface area contributed by atoms with Gasteiger partial charge in [0, 0.05) is 26.7 Å². The molecule has 0 saturated heterocycles. The summed E-state index contributed by atoms with van der Waals surface area (Å²) < 4.78 is 5.00. The molecule has 3 nitrogen and oxygen atoms in total. The van der Waals surface area contributed by atoms with E-state index in [9.17, 15) is 0 Å². The first kappa shape index (κ1) is 12.7. The topological polar surface area (TPSA) is 24.5 Å². The van der Waals surface area contributed by atoms with Crippen molar-refractivity contribution in [2.75, 3.05) is 27.3 Å². The third kappa shape index (κ3) is 5.82. The van der Waals surface area contributed by atoms with Crippen LogP contribution in [-0.4, -0.2) is 43.4 Å². The molecule has 1 atom stereocenters. The Bertz CT molecular complexity index is 153. The molecule has 0 aliphatic rings. The SMILES string of the molecule is CCCN(C)C(=S)NC(C)COC. The van der Waals surface area contributed by atoms with Gasteiger partial charge in [-0.1, -0.05) is 6.92 Å². The molecule has 0 fully saturated rings. The van der Waals surface area contributed by atoms with E-state index in [-0.39, 0.29) is 6.04 Å². The highest BCUT2D eigenvalue weighted by atomic mass is 32.1. The first-order valence-corrected chi connectivity index (χ1v) is 5.03. The number of methoxy groups -OCH3 is 1. The minimum absolute atomic E-state index is 0.275. The lowest BCUT2D eigenvalue weighted by molar-refractivity contribution is 0.178. The van der Waals surface area contributed by atoms with Crippen LogP contribution in [0.4, 0.5) is 0 Å². The average Bonchev–Trinajstić information content (AvgIpc) is 2.05. The summed E-state index contributed by atoms with van der Waals surface area (Å²) in [4.78, 5) is 2.04. The lowest BCUT2D eigenvalue weighted by Gasteiger charge is -2.23. The fraction of sp³-hybridized carbons (Fsp3) is 0.889. The van der Waals surface area contributed by atoms with Gasteiger partial charge in [-0.15, -0.1) is 0 Å². The van der Waals surface area contributed by atoms with Crippen molar-refractivity contribution in [3.63, 3.8) is 0 Å². The lowest BCUT2D eigenvalue weighted by atomic mass is 10.4. The summed E-state index contributed by atoms with van der Waals surface area (Å²) in [5, 5.41) is 4.00. The van der Waals surface area contributed by atoms with Crippen LogP contribution < -0.4 is 5.32 Å². The van der Waals surface area contributed by atoms with Crippen molar-refractivity contribution >= 4 is 17.3 Å². The number of thiocarbonyl (C=S) groups is 1. The molecule has 0 aromatic carbocycles. The number of hydrogen-bond donors (Lipinski definition) is 1. The van der Waals surface area contributed by atoms with Crippen LogP contribution in [0.1, 0.15) is 20.3 Å². The zero-order valence-electron chi connectivity index (χ0n) is 8.96. The Morgan fingerprint density at radius 3 is 2.69 bits per heavy atom. The second-order valence-electron chi connectivity index (χ2n) is 3.23. The molecule has 0 amide bonds. The van der Waals surface area contributed by atoms with Crippen molar-refractivity contribution in [3.05, 3.63) is 0 Å². The summed E-state index contributed by atoms with van der Waals surface area (Å²) in [6, 6.07) is 0.275. The molecule has 0 aliphatic heterocycles. The van der Waals surface area contributed by atoms with E-state index in [0.717, 1.165) is 18.1 Å². The van der Waals surface area contributed by atoms with Gasteiger partial charge in [0.25, 0.3) is 0 Å². The fourth-order valence-electron chi connectivity index (χ4n) is 1.05. The zero-order chi connectivity index (χ0) is 10.3. The van der Waals surface area contributed by atoms with Gasteiger partial charge >= 0.3 is 0 Å². The van der Waals surface area contributed by atoms with Crippen LogP contribution >= 0.6 is 12.2 Å². The summed E-state index contributed by atoms with van der Waals surface area (Å²) in [6.07, 6.45) is 1.11. The molecule has 1 N–H and O–H groups in total. The molecular formula is C9H20N2OS. The highest BCUT2D eigenvalue weighted by molar-refractivity contribution is 7.80. The Labute approximate surface area is 86.4 Å². The maximum atomic E-state index is 5.19. The van der Waals surface area contributed by atoms with E-state index >= 15 is 0 Å². The number of rotatable bonds is 5. The Balaban J connectivity index is 3.71. The molecule has 0 aromatic heterocycles. The van der Waals surface area contributed by atoms with Crippen LogP contribution in [0.25, 0.3) is 0 Å². The lowest BCUT2D eigenvalue weighted by Crippen LogP contribution is -2.43. The Kier molecular flexibility index (Phi) is 6.90. The molecule has 0 spiro atoms. The maximum Gasteiger partial charge on any atom is 0.168 e. The van der Waals surface area contributed by atoms with Crippen molar-refractivity contribution < 1.29 is 4.74 Å². The van der Waals surface area contributed by atoms with Crippen LogP contribution in [-0.2, 0) is 4.74 Å². The van der Waals surface area contributed by atoms with Crippen LogP contribution in [0.2, 0.25) is 0 Å². The summed E-state index contributed by atoms with van der Waals surface area (Å²) in [5.74, 6) is 0. The van der Waals surface area contributed by atoms with Gasteiger partial charge in [-0.25, -0.2) is 0 Å². The summed E-state index contributed by atoms with van der Waals surface area (Å²) in [5.41, 5.74) is 0. The van der Waals surface area contributed by atoms with E-state index in [1.807, 2.05) is 11.9 Å². The van der Waals surface area contributed by atoms with Crippen molar-refractivity contribution in [3.8, 4) is 0 Å². The number of hydrogen-bond acceptors (Lipinski definition) is 2. The third-order valence-electron chi connectivity index (χ3n) is 1.69. The standard InChI is InChI=1S/C9H20N2OS/c1-5-6-11(3)9(13)10-8(2)7-12-4/h8H,5-7H2,1-4H3,(H,10,13). The van der Waals surface area contributed by atoms with E-state index in [1.54, 1.807) is 7.11 Å². The predicted octanol–water partition coefficient (Wildman–Crippen LogP) is 1.24. The molecule has 0 aromatic rings. The first-order chi connectivity index (χ1) is 6.11. The van der Waals surface area contributed by atoms with Gasteiger partial charge in [0.2, 0.25) is 0 Å². The van der Waals surface area contributed by atoms with Crippen LogP contribution in [0, 0.1) is 0 Å².